The van der Waals surface area contributed by atoms with Gasteiger partial charge in [-0.3, -0.25) is 0 Å². The van der Waals surface area contributed by atoms with Crippen molar-refractivity contribution in [3.05, 3.63) is 218 Å². The van der Waals surface area contributed by atoms with Gasteiger partial charge in [0.05, 0.1) is 11.6 Å². The summed E-state index contributed by atoms with van der Waals surface area (Å²) in [7, 11) is 0. The molecule has 7 nitrogen and oxygen atoms in total. The quantitative estimate of drug-likeness (QED) is 0.143. The van der Waals surface area contributed by atoms with Gasteiger partial charge in [0.15, 0.2) is 34.9 Å². The molecular weight excluding hydrogens is 759 g/mol. The molecule has 0 bridgehead atoms. The van der Waals surface area contributed by atoms with E-state index in [4.69, 9.17) is 29.9 Å². The molecule has 2 heterocycles. The van der Waals surface area contributed by atoms with E-state index < -0.39 is 0 Å². The molecule has 0 unspecified atom stereocenters. The zero-order valence-electron chi connectivity index (χ0n) is 33.3. The van der Waals surface area contributed by atoms with Crippen LogP contribution in [0.5, 0.6) is 0 Å². The van der Waals surface area contributed by atoms with Crippen LogP contribution < -0.4 is 0 Å². The van der Waals surface area contributed by atoms with Gasteiger partial charge in [-0.15, -0.1) is 0 Å². The molecular formula is C55H35N7. The molecule has 0 saturated heterocycles. The summed E-state index contributed by atoms with van der Waals surface area (Å²) >= 11 is 0. The Bertz CT molecular complexity index is 3090. The van der Waals surface area contributed by atoms with Crippen molar-refractivity contribution in [3.63, 3.8) is 0 Å². The van der Waals surface area contributed by atoms with Crippen molar-refractivity contribution in [1.29, 1.82) is 5.26 Å². The molecule has 7 heteroatoms. The van der Waals surface area contributed by atoms with Crippen LogP contribution in [0, 0.1) is 11.3 Å². The van der Waals surface area contributed by atoms with E-state index in [2.05, 4.69) is 78.9 Å². The Kier molecular flexibility index (Phi) is 10.2. The fourth-order valence-corrected chi connectivity index (χ4v) is 7.46. The van der Waals surface area contributed by atoms with Crippen molar-refractivity contribution in [1.82, 2.24) is 29.9 Å². The lowest BCUT2D eigenvalue weighted by Gasteiger charge is -2.14. The van der Waals surface area contributed by atoms with Crippen molar-refractivity contribution in [2.24, 2.45) is 0 Å². The van der Waals surface area contributed by atoms with E-state index in [1.54, 1.807) is 0 Å². The number of aromatic nitrogens is 6. The highest BCUT2D eigenvalue weighted by molar-refractivity contribution is 5.88. The SMILES string of the molecule is N#Cc1cccc(-c2cc(-c3ccc(-c4nc(-c5ccccc5)nc(-c5ccccc5)n4)cc3)ccc2-c2ccc(-c3nc(-c4ccccc4)nc(-c4ccccc4)n3)cc2)c1. The van der Waals surface area contributed by atoms with E-state index in [9.17, 15) is 5.26 Å². The Hall–Kier alpha value is -8.73. The number of benzene rings is 8. The molecule has 0 spiro atoms. The lowest BCUT2D eigenvalue weighted by molar-refractivity contribution is 1.07. The van der Waals surface area contributed by atoms with Gasteiger partial charge >= 0.3 is 0 Å². The van der Waals surface area contributed by atoms with Crippen LogP contribution in [-0.4, -0.2) is 29.9 Å². The third-order valence-corrected chi connectivity index (χ3v) is 10.7. The normalized spacial score (nSPS) is 10.9. The predicted molar refractivity (Wildman–Crippen MR) is 247 cm³/mol. The summed E-state index contributed by atoms with van der Waals surface area (Å²) in [5, 5.41) is 9.85. The van der Waals surface area contributed by atoms with Crippen molar-refractivity contribution < 1.29 is 0 Å². The summed E-state index contributed by atoms with van der Waals surface area (Å²) < 4.78 is 0. The fraction of sp³-hybridized carbons (Fsp3) is 0. The first-order valence-electron chi connectivity index (χ1n) is 20.3. The monoisotopic (exact) mass is 793 g/mol. The van der Waals surface area contributed by atoms with Crippen LogP contribution in [-0.2, 0) is 0 Å². The Balaban J connectivity index is 1.01. The molecule has 10 aromatic rings. The molecule has 62 heavy (non-hydrogen) atoms. The molecule has 0 N–H and O–H groups in total. The highest BCUT2D eigenvalue weighted by atomic mass is 15.0. The predicted octanol–water partition coefficient (Wildman–Crippen LogP) is 12.9. The topological polar surface area (TPSA) is 101 Å². The van der Waals surface area contributed by atoms with Crippen LogP contribution in [0.15, 0.2) is 212 Å². The smallest absolute Gasteiger partial charge is 0.164 e. The van der Waals surface area contributed by atoms with E-state index in [-0.39, 0.29) is 0 Å². The van der Waals surface area contributed by atoms with Crippen molar-refractivity contribution in [2.75, 3.05) is 0 Å². The maximum Gasteiger partial charge on any atom is 0.164 e. The van der Waals surface area contributed by atoms with Crippen LogP contribution in [0.1, 0.15) is 5.56 Å². The van der Waals surface area contributed by atoms with E-state index in [1.165, 1.54) is 0 Å². The summed E-state index contributed by atoms with van der Waals surface area (Å²) in [6.45, 7) is 0. The Labute approximate surface area is 359 Å². The molecule has 0 fully saturated rings. The van der Waals surface area contributed by atoms with Gasteiger partial charge in [-0.1, -0.05) is 194 Å². The van der Waals surface area contributed by atoms with Crippen molar-refractivity contribution in [2.45, 2.75) is 0 Å². The largest absolute Gasteiger partial charge is 0.208 e. The second kappa shape index (κ2) is 16.9. The summed E-state index contributed by atoms with van der Waals surface area (Å²) in [5.41, 5.74) is 12.1. The molecule has 0 radical (unpaired) electrons. The highest BCUT2D eigenvalue weighted by Crippen LogP contribution is 2.38. The molecule has 0 amide bonds. The number of hydrogen-bond acceptors (Lipinski definition) is 7. The fourth-order valence-electron chi connectivity index (χ4n) is 7.46. The van der Waals surface area contributed by atoms with Gasteiger partial charge in [-0.25, -0.2) is 29.9 Å². The summed E-state index contributed by atoms with van der Waals surface area (Å²) in [6.07, 6.45) is 0. The van der Waals surface area contributed by atoms with Crippen LogP contribution in [0.4, 0.5) is 0 Å². The van der Waals surface area contributed by atoms with Crippen LogP contribution >= 0.6 is 0 Å². The van der Waals surface area contributed by atoms with Crippen molar-refractivity contribution in [3.8, 4) is 108 Å². The minimum absolute atomic E-state index is 0.592. The average Bonchev–Trinajstić information content (AvgIpc) is 3.37. The summed E-state index contributed by atoms with van der Waals surface area (Å²) in [5.74, 6) is 3.66. The van der Waals surface area contributed by atoms with Crippen LogP contribution in [0.3, 0.4) is 0 Å². The van der Waals surface area contributed by atoms with Gasteiger partial charge in [0.25, 0.3) is 0 Å². The maximum absolute atomic E-state index is 9.85. The Morgan fingerprint density at radius 3 is 0.952 bits per heavy atom. The molecule has 0 aliphatic heterocycles. The van der Waals surface area contributed by atoms with Gasteiger partial charge in [0, 0.05) is 33.4 Å². The molecule has 290 valence electrons. The molecule has 0 aliphatic carbocycles. The minimum Gasteiger partial charge on any atom is -0.208 e. The second-order valence-corrected chi connectivity index (χ2v) is 14.7. The number of nitrogens with zero attached hydrogens (tertiary/aromatic N) is 7. The van der Waals surface area contributed by atoms with Crippen molar-refractivity contribution >= 4 is 0 Å². The van der Waals surface area contributed by atoms with Gasteiger partial charge in [0.2, 0.25) is 0 Å². The van der Waals surface area contributed by atoms with Gasteiger partial charge in [-0.05, 0) is 51.6 Å². The Morgan fingerprint density at radius 2 is 0.565 bits per heavy atom. The zero-order valence-corrected chi connectivity index (χ0v) is 33.3. The third kappa shape index (κ3) is 7.87. The van der Waals surface area contributed by atoms with E-state index >= 15 is 0 Å². The average molecular weight is 794 g/mol. The molecule has 0 atom stereocenters. The highest BCUT2D eigenvalue weighted by Gasteiger charge is 2.16. The van der Waals surface area contributed by atoms with E-state index in [1.807, 2.05) is 140 Å². The van der Waals surface area contributed by atoms with Gasteiger partial charge in [0.1, 0.15) is 0 Å². The van der Waals surface area contributed by atoms with E-state index in [0.29, 0.717) is 40.5 Å². The summed E-state index contributed by atoms with van der Waals surface area (Å²) in [6, 6.07) is 73.1. The maximum atomic E-state index is 9.85. The first-order chi connectivity index (χ1) is 30.6. The van der Waals surface area contributed by atoms with Crippen LogP contribution in [0.25, 0.3) is 102 Å². The summed E-state index contributed by atoms with van der Waals surface area (Å²) in [4.78, 5) is 29.4. The minimum atomic E-state index is 0.592. The second-order valence-electron chi connectivity index (χ2n) is 14.7. The van der Waals surface area contributed by atoms with Gasteiger partial charge < -0.3 is 0 Å². The molecule has 0 saturated carbocycles. The molecule has 2 aromatic heterocycles. The third-order valence-electron chi connectivity index (χ3n) is 10.7. The molecule has 0 aliphatic rings. The lowest BCUT2D eigenvalue weighted by atomic mass is 9.90. The first kappa shape index (κ1) is 37.5. The van der Waals surface area contributed by atoms with Crippen LogP contribution in [0.2, 0.25) is 0 Å². The lowest BCUT2D eigenvalue weighted by Crippen LogP contribution is -2.00. The van der Waals surface area contributed by atoms with E-state index in [0.717, 1.165) is 66.8 Å². The number of hydrogen-bond donors (Lipinski definition) is 0. The number of rotatable bonds is 9. The standard InChI is InChI=1S/C55H35N7/c56-36-37-14-13-23-47(34-37)49-35-46(38-24-28-44(29-25-38)54-59-50(40-15-5-1-6-16-40)57-51(60-54)41-17-7-2-8-18-41)32-33-48(49)39-26-30-45(31-27-39)55-61-52(42-19-9-3-10-20-42)58-53(62-55)43-21-11-4-12-22-43/h1-35H. The molecule has 10 rings (SSSR count). The first-order valence-corrected chi connectivity index (χ1v) is 20.3. The zero-order chi connectivity index (χ0) is 41.7. The van der Waals surface area contributed by atoms with Gasteiger partial charge in [-0.2, -0.15) is 5.26 Å². The number of nitriles is 1. The molecule has 8 aromatic carbocycles. The Morgan fingerprint density at radius 1 is 0.242 bits per heavy atom.